The highest BCUT2D eigenvalue weighted by Gasteiger charge is 2.21. The lowest BCUT2D eigenvalue weighted by atomic mass is 10.3. The van der Waals surface area contributed by atoms with E-state index in [9.17, 15) is 13.2 Å². The van der Waals surface area contributed by atoms with Gasteiger partial charge in [-0.1, -0.05) is 17.7 Å². The molecule has 10 heteroatoms. The number of nitrogens with zero attached hydrogens (tertiary/aromatic N) is 3. The molecule has 0 spiro atoms. The Morgan fingerprint density at radius 2 is 2.19 bits per heavy atom. The summed E-state index contributed by atoms with van der Waals surface area (Å²) in [6, 6.07) is 4.05. The minimum Gasteiger partial charge on any atom is -0.332 e. The van der Waals surface area contributed by atoms with Crippen LogP contribution < -0.4 is 10.0 Å². The van der Waals surface area contributed by atoms with Crippen molar-refractivity contribution in [3.05, 3.63) is 41.4 Å². The molecule has 2 amide bonds. The van der Waals surface area contributed by atoms with Gasteiger partial charge in [0, 0.05) is 19.4 Å². The number of imidazole rings is 1. The molecule has 0 radical (unpaired) electrons. The van der Waals surface area contributed by atoms with Crippen LogP contribution in [-0.2, 0) is 23.6 Å². The van der Waals surface area contributed by atoms with E-state index in [1.54, 1.807) is 18.2 Å². The van der Waals surface area contributed by atoms with Crippen LogP contribution in [0, 0.1) is 0 Å². The maximum Gasteiger partial charge on any atom is 0.329 e. The van der Waals surface area contributed by atoms with Gasteiger partial charge in [-0.05, 0) is 12.1 Å². The predicted octanol–water partition coefficient (Wildman–Crippen LogP) is 0.657. The highest BCUT2D eigenvalue weighted by atomic mass is 35.5. The summed E-state index contributed by atoms with van der Waals surface area (Å²) in [6.07, 6.45) is 2.78. The van der Waals surface area contributed by atoms with E-state index in [1.807, 2.05) is 4.72 Å². The van der Waals surface area contributed by atoms with Crippen LogP contribution in [0.3, 0.4) is 0 Å². The number of urea groups is 1. The molecule has 21 heavy (non-hydrogen) atoms. The highest BCUT2D eigenvalue weighted by molar-refractivity contribution is 7.89. The van der Waals surface area contributed by atoms with Gasteiger partial charge in [0.25, 0.3) is 10.0 Å². The lowest BCUT2D eigenvalue weighted by Crippen LogP contribution is -2.40. The van der Waals surface area contributed by atoms with Crippen molar-refractivity contribution >= 4 is 27.7 Å². The van der Waals surface area contributed by atoms with E-state index in [0.29, 0.717) is 5.69 Å². The number of sulfonamides is 1. The van der Waals surface area contributed by atoms with Gasteiger partial charge in [-0.3, -0.25) is 0 Å². The van der Waals surface area contributed by atoms with Crippen LogP contribution in [-0.4, -0.2) is 29.0 Å². The number of aryl methyl sites for hydroxylation is 1. The number of nitrogens with one attached hydrogen (secondary N) is 2. The fraction of sp³-hybridized carbons (Fsp3) is 0.182. The number of hydrogen-bond acceptors (Lipinski definition) is 5. The molecular formula is C11H12ClN5O3S. The molecule has 2 N–H and O–H groups in total. The molecule has 0 fully saturated rings. The van der Waals surface area contributed by atoms with Gasteiger partial charge in [-0.25, -0.2) is 19.5 Å². The smallest absolute Gasteiger partial charge is 0.329 e. The third kappa shape index (κ3) is 3.92. The lowest BCUT2D eigenvalue weighted by molar-refractivity contribution is 0.245. The number of halogens is 1. The molecule has 0 aliphatic rings. The third-order valence-corrected chi connectivity index (χ3v) is 3.99. The standard InChI is InChI=1S/C11H12ClN5O3S/c1-17-6-5-13-11(17)21(19,20)16-10(18)14-7-8-3-2-4-9(12)15-8/h2-6H,7H2,1H3,(H2,14,16,18). The minimum absolute atomic E-state index is 0.0441. The van der Waals surface area contributed by atoms with Crippen LogP contribution in [0.1, 0.15) is 5.69 Å². The van der Waals surface area contributed by atoms with Gasteiger partial charge < -0.3 is 9.88 Å². The normalized spacial score (nSPS) is 11.1. The Hall–Kier alpha value is -2.13. The number of amides is 2. The van der Waals surface area contributed by atoms with Gasteiger partial charge in [0.15, 0.2) is 0 Å². The van der Waals surface area contributed by atoms with Crippen molar-refractivity contribution in [1.82, 2.24) is 24.6 Å². The average Bonchev–Trinajstić information content (AvgIpc) is 2.83. The quantitative estimate of drug-likeness (QED) is 0.801. The summed E-state index contributed by atoms with van der Waals surface area (Å²) in [7, 11) is -2.51. The molecule has 0 aliphatic carbocycles. The van der Waals surface area contributed by atoms with E-state index in [4.69, 9.17) is 11.6 Å². The zero-order valence-electron chi connectivity index (χ0n) is 10.9. The second-order valence-corrected chi connectivity index (χ2v) is 6.02. The summed E-state index contributed by atoms with van der Waals surface area (Å²) in [5.41, 5.74) is 0.507. The molecular weight excluding hydrogens is 318 g/mol. The lowest BCUT2D eigenvalue weighted by Gasteiger charge is -2.08. The Bertz CT molecular complexity index is 759. The van der Waals surface area contributed by atoms with Crippen LogP contribution in [0.4, 0.5) is 4.79 Å². The zero-order chi connectivity index (χ0) is 15.5. The fourth-order valence-corrected chi connectivity index (χ4v) is 2.76. The summed E-state index contributed by atoms with van der Waals surface area (Å²) in [4.78, 5) is 19.3. The number of carbonyl (C=O) groups excluding carboxylic acids is 1. The summed E-state index contributed by atoms with van der Waals surface area (Å²) >= 11 is 5.71. The van der Waals surface area contributed by atoms with Gasteiger partial charge in [0.2, 0.25) is 5.16 Å². The molecule has 0 aromatic carbocycles. The molecule has 2 aromatic heterocycles. The molecule has 8 nitrogen and oxygen atoms in total. The highest BCUT2D eigenvalue weighted by Crippen LogP contribution is 2.05. The molecule has 0 atom stereocenters. The first-order chi connectivity index (χ1) is 9.88. The Kier molecular flexibility index (Phi) is 4.43. The first-order valence-corrected chi connectivity index (χ1v) is 7.64. The molecule has 0 aliphatic heterocycles. The van der Waals surface area contributed by atoms with E-state index < -0.39 is 16.1 Å². The second-order valence-electron chi connectivity index (χ2n) is 4.06. The van der Waals surface area contributed by atoms with Crippen LogP contribution >= 0.6 is 11.6 Å². The zero-order valence-corrected chi connectivity index (χ0v) is 12.5. The maximum atomic E-state index is 11.9. The van der Waals surface area contributed by atoms with Gasteiger partial charge in [0.1, 0.15) is 5.15 Å². The second kappa shape index (κ2) is 6.10. The minimum atomic E-state index is -4.02. The van der Waals surface area contributed by atoms with Crippen LogP contribution in [0.5, 0.6) is 0 Å². The molecule has 2 heterocycles. The van der Waals surface area contributed by atoms with Gasteiger partial charge >= 0.3 is 6.03 Å². The summed E-state index contributed by atoms with van der Waals surface area (Å²) in [6.45, 7) is 0.0441. The number of carbonyl (C=O) groups is 1. The molecule has 2 rings (SSSR count). The van der Waals surface area contributed by atoms with Crippen LogP contribution in [0.15, 0.2) is 35.7 Å². The predicted molar refractivity (Wildman–Crippen MR) is 75.0 cm³/mol. The van der Waals surface area contributed by atoms with Crippen LogP contribution in [0.2, 0.25) is 5.15 Å². The molecule has 0 saturated heterocycles. The summed E-state index contributed by atoms with van der Waals surface area (Å²) < 4.78 is 26.9. The van der Waals surface area contributed by atoms with Crippen molar-refractivity contribution < 1.29 is 13.2 Å². The third-order valence-electron chi connectivity index (χ3n) is 2.45. The van der Waals surface area contributed by atoms with Crippen molar-refractivity contribution in [2.75, 3.05) is 0 Å². The van der Waals surface area contributed by atoms with Gasteiger partial charge in [-0.15, -0.1) is 0 Å². The first-order valence-electron chi connectivity index (χ1n) is 5.78. The van der Waals surface area contributed by atoms with E-state index in [1.165, 1.54) is 24.0 Å². The largest absolute Gasteiger partial charge is 0.332 e. The van der Waals surface area contributed by atoms with Crippen molar-refractivity contribution in [1.29, 1.82) is 0 Å². The average molecular weight is 330 g/mol. The van der Waals surface area contributed by atoms with E-state index >= 15 is 0 Å². The number of pyridine rings is 1. The number of aromatic nitrogens is 3. The van der Waals surface area contributed by atoms with Crippen molar-refractivity contribution in [2.24, 2.45) is 7.05 Å². The molecule has 2 aromatic rings. The van der Waals surface area contributed by atoms with Crippen molar-refractivity contribution in [3.8, 4) is 0 Å². The van der Waals surface area contributed by atoms with E-state index in [-0.39, 0.29) is 16.9 Å². The summed E-state index contributed by atoms with van der Waals surface area (Å²) in [5.74, 6) is 0. The first kappa shape index (κ1) is 15.3. The van der Waals surface area contributed by atoms with E-state index in [0.717, 1.165) is 0 Å². The van der Waals surface area contributed by atoms with Crippen LogP contribution in [0.25, 0.3) is 0 Å². The summed E-state index contributed by atoms with van der Waals surface area (Å²) in [5, 5.41) is 2.41. The number of hydrogen-bond donors (Lipinski definition) is 2. The molecule has 0 saturated carbocycles. The fourth-order valence-electron chi connectivity index (χ4n) is 1.53. The Morgan fingerprint density at radius 1 is 1.43 bits per heavy atom. The maximum absolute atomic E-state index is 11.9. The Balaban J connectivity index is 1.98. The van der Waals surface area contributed by atoms with Gasteiger partial charge in [-0.2, -0.15) is 8.42 Å². The molecule has 0 bridgehead atoms. The monoisotopic (exact) mass is 329 g/mol. The Labute approximate surface area is 126 Å². The van der Waals surface area contributed by atoms with Crippen molar-refractivity contribution in [2.45, 2.75) is 11.7 Å². The molecule has 0 unspecified atom stereocenters. The SMILES string of the molecule is Cn1ccnc1S(=O)(=O)NC(=O)NCc1cccc(Cl)n1. The van der Waals surface area contributed by atoms with E-state index in [2.05, 4.69) is 15.3 Å². The van der Waals surface area contributed by atoms with Crippen molar-refractivity contribution in [3.63, 3.8) is 0 Å². The Morgan fingerprint density at radius 3 is 2.81 bits per heavy atom. The molecule has 112 valence electrons. The number of rotatable bonds is 4. The van der Waals surface area contributed by atoms with Gasteiger partial charge in [0.05, 0.1) is 12.2 Å². The topological polar surface area (TPSA) is 106 Å².